The van der Waals surface area contributed by atoms with E-state index in [-0.39, 0.29) is 0 Å². The molecule has 0 radical (unpaired) electrons. The van der Waals surface area contributed by atoms with Crippen LogP contribution in [0.15, 0.2) is 48.5 Å². The molecule has 1 saturated heterocycles. The Balaban J connectivity index is 1.79. The second kappa shape index (κ2) is 11.3. The lowest BCUT2D eigenvalue weighted by Crippen LogP contribution is -2.48. The van der Waals surface area contributed by atoms with Crippen molar-refractivity contribution in [1.29, 1.82) is 0 Å². The van der Waals surface area contributed by atoms with Crippen LogP contribution in [0, 0.1) is 13.8 Å². The fourth-order valence-corrected chi connectivity index (χ4v) is 5.52. The summed E-state index contributed by atoms with van der Waals surface area (Å²) < 4.78 is 0. The molecule has 1 aliphatic heterocycles. The highest BCUT2D eigenvalue weighted by atomic mass is 35.5. The molecule has 2 heterocycles. The topological polar surface area (TPSA) is 62.5 Å². The first-order chi connectivity index (χ1) is 17.2. The Morgan fingerprint density at radius 3 is 2.31 bits per heavy atom. The van der Waals surface area contributed by atoms with E-state index >= 15 is 0 Å². The number of nitrogens with two attached hydrogens (primary N) is 1. The summed E-state index contributed by atoms with van der Waals surface area (Å²) in [4.78, 5) is 22.8. The van der Waals surface area contributed by atoms with Crippen LogP contribution in [-0.4, -0.2) is 52.9 Å². The fourth-order valence-electron chi connectivity index (χ4n) is 5.02. The van der Waals surface area contributed by atoms with Crippen molar-refractivity contribution < 1.29 is 4.79 Å². The van der Waals surface area contributed by atoms with Gasteiger partial charge in [0.1, 0.15) is 5.92 Å². The lowest BCUT2D eigenvalue weighted by molar-refractivity contribution is -0.118. The molecular formula is C29H34Cl2N4O. The average Bonchev–Trinajstić information content (AvgIpc) is 2.83. The first-order valence-corrected chi connectivity index (χ1v) is 13.2. The summed E-state index contributed by atoms with van der Waals surface area (Å²) in [5.41, 5.74) is 11.9. The van der Waals surface area contributed by atoms with Gasteiger partial charge >= 0.3 is 0 Å². The van der Waals surface area contributed by atoms with Gasteiger partial charge in [-0.2, -0.15) is 0 Å². The number of aryl methyl sites for hydroxylation is 1. The number of nitrogens with zero attached hydrogens (tertiary/aromatic N) is 3. The number of pyridine rings is 1. The van der Waals surface area contributed by atoms with Gasteiger partial charge in [0.15, 0.2) is 0 Å². The van der Waals surface area contributed by atoms with E-state index in [1.54, 1.807) is 6.07 Å². The molecule has 4 rings (SSSR count). The van der Waals surface area contributed by atoms with Crippen molar-refractivity contribution in [1.82, 2.24) is 14.8 Å². The minimum absolute atomic E-state index is 0.477. The van der Waals surface area contributed by atoms with Crippen LogP contribution in [0.25, 0.3) is 11.3 Å². The molecular weight excluding hydrogens is 491 g/mol. The number of rotatable bonds is 7. The number of halogens is 2. The second-order valence-electron chi connectivity index (χ2n) is 9.91. The maximum atomic E-state index is 12.9. The Hall–Kier alpha value is -2.44. The highest BCUT2D eigenvalue weighted by molar-refractivity contribution is 6.32. The lowest BCUT2D eigenvalue weighted by atomic mass is 9.89. The Bertz CT molecular complexity index is 1230. The number of carbonyl (C=O) groups is 1. The van der Waals surface area contributed by atoms with Gasteiger partial charge in [0.2, 0.25) is 5.91 Å². The summed E-state index contributed by atoms with van der Waals surface area (Å²) in [5.74, 6) is -1.23. The number of carbonyl (C=O) groups excluding carboxylic acids is 1. The van der Waals surface area contributed by atoms with Crippen LogP contribution in [0.3, 0.4) is 0 Å². The largest absolute Gasteiger partial charge is 0.369 e. The third-order valence-electron chi connectivity index (χ3n) is 7.13. The van der Waals surface area contributed by atoms with E-state index in [1.165, 1.54) is 0 Å². The van der Waals surface area contributed by atoms with Crippen LogP contribution < -0.4 is 5.73 Å². The molecule has 3 aromatic rings. The van der Waals surface area contributed by atoms with Crippen molar-refractivity contribution in [3.05, 3.63) is 86.5 Å². The third-order valence-corrected chi connectivity index (χ3v) is 7.87. The molecule has 1 fully saturated rings. The molecule has 1 aromatic heterocycles. The van der Waals surface area contributed by atoms with Gasteiger partial charge in [-0.1, -0.05) is 47.5 Å². The number of amides is 1. The predicted octanol–water partition coefficient (Wildman–Crippen LogP) is 5.82. The highest BCUT2D eigenvalue weighted by Gasteiger charge is 2.28. The Kier molecular flexibility index (Phi) is 8.36. The Morgan fingerprint density at radius 1 is 1.00 bits per heavy atom. The van der Waals surface area contributed by atoms with Gasteiger partial charge in [-0.3, -0.25) is 19.6 Å². The van der Waals surface area contributed by atoms with Crippen LogP contribution in [0.2, 0.25) is 10.0 Å². The highest BCUT2D eigenvalue weighted by Crippen LogP contribution is 2.35. The van der Waals surface area contributed by atoms with Gasteiger partial charge in [-0.05, 0) is 74.2 Å². The molecule has 5 nitrogen and oxygen atoms in total. The van der Waals surface area contributed by atoms with Gasteiger partial charge in [-0.15, -0.1) is 0 Å². The summed E-state index contributed by atoms with van der Waals surface area (Å²) in [7, 11) is 0. The van der Waals surface area contributed by atoms with Crippen molar-refractivity contribution in [2.24, 2.45) is 5.73 Å². The molecule has 2 aromatic carbocycles. The quantitative estimate of drug-likeness (QED) is 0.423. The lowest BCUT2D eigenvalue weighted by Gasteiger charge is -2.37. The summed E-state index contributed by atoms with van der Waals surface area (Å²) >= 11 is 13.0. The predicted molar refractivity (Wildman–Crippen MR) is 149 cm³/mol. The standard InChI is InChI=1S/C29H34Cl2N4O/c1-18(2)35-13-11-34(12-14-35)17-21-15-25(22-8-6-9-23(30)20(22)4)33-26(16-21)28(29(32)36)27-19(3)7-5-10-24(27)31/h5-10,15-16,18,28H,11-14,17H2,1-4H3,(H2,32,36). The van der Waals surface area contributed by atoms with Crippen LogP contribution in [0.4, 0.5) is 0 Å². The number of hydrogen-bond acceptors (Lipinski definition) is 4. The van der Waals surface area contributed by atoms with Crippen LogP contribution in [0.1, 0.15) is 47.7 Å². The minimum atomic E-state index is -0.755. The van der Waals surface area contributed by atoms with E-state index in [4.69, 9.17) is 33.9 Å². The Labute approximate surface area is 224 Å². The minimum Gasteiger partial charge on any atom is -0.369 e. The molecule has 0 spiro atoms. The summed E-state index contributed by atoms with van der Waals surface area (Å²) in [6.07, 6.45) is 0. The van der Waals surface area contributed by atoms with Crippen LogP contribution >= 0.6 is 23.2 Å². The monoisotopic (exact) mass is 524 g/mol. The zero-order valence-corrected chi connectivity index (χ0v) is 22.9. The number of aromatic nitrogens is 1. The molecule has 1 atom stereocenters. The van der Waals surface area contributed by atoms with Gasteiger partial charge in [0.25, 0.3) is 0 Å². The van der Waals surface area contributed by atoms with E-state index in [1.807, 2.05) is 50.2 Å². The van der Waals surface area contributed by atoms with E-state index < -0.39 is 11.8 Å². The summed E-state index contributed by atoms with van der Waals surface area (Å²) in [6.45, 7) is 13.2. The molecule has 2 N–H and O–H groups in total. The SMILES string of the molecule is Cc1cccc(Cl)c1C(C(N)=O)c1cc(CN2CCN(C(C)C)CC2)cc(-c2cccc(Cl)c2C)n1. The van der Waals surface area contributed by atoms with E-state index in [0.29, 0.717) is 27.3 Å². The molecule has 7 heteroatoms. The van der Waals surface area contributed by atoms with Gasteiger partial charge in [-0.25, -0.2) is 0 Å². The van der Waals surface area contributed by atoms with Gasteiger partial charge in [0, 0.05) is 54.4 Å². The zero-order valence-electron chi connectivity index (χ0n) is 21.4. The van der Waals surface area contributed by atoms with E-state index in [9.17, 15) is 4.79 Å². The molecule has 0 bridgehead atoms. The normalized spacial score (nSPS) is 15.9. The first kappa shape index (κ1) is 26.6. The van der Waals surface area contributed by atoms with Crippen molar-refractivity contribution in [2.75, 3.05) is 26.2 Å². The first-order valence-electron chi connectivity index (χ1n) is 12.4. The maximum Gasteiger partial charge on any atom is 0.231 e. The van der Waals surface area contributed by atoms with Crippen molar-refractivity contribution >= 4 is 29.1 Å². The van der Waals surface area contributed by atoms with Crippen LogP contribution in [0.5, 0.6) is 0 Å². The molecule has 190 valence electrons. The molecule has 0 aliphatic carbocycles. The number of piperazine rings is 1. The van der Waals surface area contributed by atoms with E-state index in [0.717, 1.165) is 60.7 Å². The van der Waals surface area contributed by atoms with Crippen LogP contribution in [-0.2, 0) is 11.3 Å². The Morgan fingerprint density at radius 2 is 1.67 bits per heavy atom. The van der Waals surface area contributed by atoms with Gasteiger partial charge < -0.3 is 5.73 Å². The smallest absolute Gasteiger partial charge is 0.231 e. The molecule has 36 heavy (non-hydrogen) atoms. The molecule has 1 amide bonds. The van der Waals surface area contributed by atoms with Crippen molar-refractivity contribution in [3.8, 4) is 11.3 Å². The molecule has 1 unspecified atom stereocenters. The maximum absolute atomic E-state index is 12.9. The summed E-state index contributed by atoms with van der Waals surface area (Å²) in [5, 5.41) is 1.19. The zero-order chi connectivity index (χ0) is 26.0. The molecule has 0 saturated carbocycles. The number of benzene rings is 2. The third kappa shape index (κ3) is 5.76. The van der Waals surface area contributed by atoms with E-state index in [2.05, 4.69) is 29.7 Å². The number of hydrogen-bond donors (Lipinski definition) is 1. The van der Waals surface area contributed by atoms with Crippen molar-refractivity contribution in [2.45, 2.75) is 46.2 Å². The average molecular weight is 526 g/mol. The molecule has 1 aliphatic rings. The van der Waals surface area contributed by atoms with Gasteiger partial charge in [0.05, 0.1) is 11.4 Å². The number of primary amides is 1. The van der Waals surface area contributed by atoms with Crippen molar-refractivity contribution in [3.63, 3.8) is 0 Å². The second-order valence-corrected chi connectivity index (χ2v) is 10.7. The summed E-state index contributed by atoms with van der Waals surface area (Å²) in [6, 6.07) is 16.1. The fraction of sp³-hybridized carbons (Fsp3) is 0.379.